The van der Waals surface area contributed by atoms with Gasteiger partial charge >= 0.3 is 0 Å². The van der Waals surface area contributed by atoms with Crippen LogP contribution in [0.5, 0.6) is 0 Å². The van der Waals surface area contributed by atoms with E-state index in [4.69, 9.17) is 0 Å². The highest BCUT2D eigenvalue weighted by molar-refractivity contribution is 8.00. The first-order valence-electron chi connectivity index (χ1n) is 7.26. The zero-order valence-corrected chi connectivity index (χ0v) is 14.6. The maximum atomic E-state index is 12.9. The van der Waals surface area contributed by atoms with Gasteiger partial charge in [0.2, 0.25) is 0 Å². The van der Waals surface area contributed by atoms with Crippen LogP contribution in [0.15, 0.2) is 5.03 Å². The lowest BCUT2D eigenvalue weighted by molar-refractivity contribution is 0.402. The second-order valence-electron chi connectivity index (χ2n) is 5.49. The van der Waals surface area contributed by atoms with Gasteiger partial charge in [0.25, 0.3) is 10.0 Å². The summed E-state index contributed by atoms with van der Waals surface area (Å²) in [5.74, 6) is 0. The van der Waals surface area contributed by atoms with Crippen molar-refractivity contribution in [3.63, 3.8) is 0 Å². The second kappa shape index (κ2) is 6.68. The van der Waals surface area contributed by atoms with Crippen LogP contribution in [0.1, 0.15) is 32.0 Å². The van der Waals surface area contributed by atoms with Crippen LogP contribution in [0.3, 0.4) is 0 Å². The van der Waals surface area contributed by atoms with Gasteiger partial charge in [-0.05, 0) is 13.5 Å². The normalized spacial score (nSPS) is 24.4. The summed E-state index contributed by atoms with van der Waals surface area (Å²) in [5, 5.41) is 10.8. The van der Waals surface area contributed by atoms with E-state index in [1.807, 2.05) is 25.6 Å². The number of rotatable bonds is 5. The molecule has 0 bridgehead atoms. The zero-order chi connectivity index (χ0) is 15.6. The van der Waals surface area contributed by atoms with Gasteiger partial charge in [0.1, 0.15) is 0 Å². The van der Waals surface area contributed by atoms with Gasteiger partial charge in [0.15, 0.2) is 5.03 Å². The molecule has 120 valence electrons. The van der Waals surface area contributed by atoms with Crippen LogP contribution in [0.25, 0.3) is 0 Å². The predicted molar refractivity (Wildman–Crippen MR) is 86.0 cm³/mol. The molecule has 2 atom stereocenters. The fraction of sp³-hybridized carbons (Fsp3) is 0.769. The molecule has 1 saturated heterocycles. The maximum Gasteiger partial charge on any atom is 0.262 e. The topological polar surface area (TPSA) is 78.1 Å². The Kier molecular flexibility index (Phi) is 5.34. The molecule has 1 aliphatic rings. The molecule has 2 N–H and O–H groups in total. The molecule has 0 saturated carbocycles. The molecule has 6 nitrogen and oxygen atoms in total. The van der Waals surface area contributed by atoms with E-state index in [2.05, 4.69) is 29.4 Å². The number of aryl methyl sites for hydroxylation is 1. The van der Waals surface area contributed by atoms with Crippen molar-refractivity contribution >= 4 is 21.8 Å². The first-order chi connectivity index (χ1) is 9.86. The third-order valence-corrected chi connectivity index (χ3v) is 6.59. The Balaban J connectivity index is 2.31. The van der Waals surface area contributed by atoms with Crippen molar-refractivity contribution in [1.29, 1.82) is 0 Å². The molecule has 0 amide bonds. The maximum absolute atomic E-state index is 12.9. The lowest BCUT2D eigenvalue weighted by atomic mass is 10.2. The van der Waals surface area contributed by atoms with E-state index in [1.54, 1.807) is 4.31 Å². The molecular formula is C13H24N4O2S2. The van der Waals surface area contributed by atoms with Crippen molar-refractivity contribution in [2.75, 3.05) is 19.6 Å². The van der Waals surface area contributed by atoms with E-state index in [9.17, 15) is 8.42 Å². The Morgan fingerprint density at radius 3 is 2.57 bits per heavy atom. The van der Waals surface area contributed by atoms with E-state index >= 15 is 0 Å². The van der Waals surface area contributed by atoms with Crippen LogP contribution in [-0.4, -0.2) is 53.1 Å². The number of nitrogens with one attached hydrogen (secondary N) is 2. The molecule has 2 heterocycles. The Hall–Kier alpha value is -0.570. The van der Waals surface area contributed by atoms with Crippen LogP contribution in [0.4, 0.5) is 0 Å². The van der Waals surface area contributed by atoms with Gasteiger partial charge in [-0.3, -0.25) is 5.10 Å². The summed E-state index contributed by atoms with van der Waals surface area (Å²) in [4.78, 5) is 0. The highest BCUT2D eigenvalue weighted by Crippen LogP contribution is 2.29. The number of aromatic amines is 1. The minimum atomic E-state index is -3.53. The van der Waals surface area contributed by atoms with Gasteiger partial charge in [0, 0.05) is 41.4 Å². The van der Waals surface area contributed by atoms with E-state index in [0.29, 0.717) is 30.1 Å². The summed E-state index contributed by atoms with van der Waals surface area (Å²) in [6.45, 7) is 10.4. The van der Waals surface area contributed by atoms with E-state index in [-0.39, 0.29) is 5.03 Å². The summed E-state index contributed by atoms with van der Waals surface area (Å²) in [6, 6.07) is 0. The van der Waals surface area contributed by atoms with Crippen molar-refractivity contribution in [2.45, 2.75) is 49.8 Å². The standard InChI is InChI=1S/C13H24N4O2S2/c1-5-14-6-12-11(4)15-16-13(12)21(18,19)17-7-9(2)20-10(3)8-17/h9-10,14H,5-8H2,1-4H3,(H,15,16). The molecule has 8 heteroatoms. The largest absolute Gasteiger partial charge is 0.313 e. The average Bonchev–Trinajstić information content (AvgIpc) is 2.77. The summed E-state index contributed by atoms with van der Waals surface area (Å²) in [6.07, 6.45) is 0. The van der Waals surface area contributed by atoms with Crippen molar-refractivity contribution in [3.8, 4) is 0 Å². The van der Waals surface area contributed by atoms with Crippen LogP contribution < -0.4 is 5.32 Å². The molecule has 2 unspecified atom stereocenters. The van der Waals surface area contributed by atoms with Gasteiger partial charge < -0.3 is 5.32 Å². The number of nitrogens with zero attached hydrogens (tertiary/aromatic N) is 2. The predicted octanol–water partition coefficient (Wildman–Crippen LogP) is 1.34. The monoisotopic (exact) mass is 332 g/mol. The fourth-order valence-electron chi connectivity index (χ4n) is 2.55. The van der Waals surface area contributed by atoms with Crippen molar-refractivity contribution < 1.29 is 8.42 Å². The fourth-order valence-corrected chi connectivity index (χ4v) is 5.85. The van der Waals surface area contributed by atoms with Crippen LogP contribution >= 0.6 is 11.8 Å². The molecule has 0 aliphatic carbocycles. The molecule has 21 heavy (non-hydrogen) atoms. The smallest absolute Gasteiger partial charge is 0.262 e. The van der Waals surface area contributed by atoms with Gasteiger partial charge in [-0.2, -0.15) is 21.2 Å². The third-order valence-electron chi connectivity index (χ3n) is 3.56. The van der Waals surface area contributed by atoms with Crippen molar-refractivity contribution in [2.24, 2.45) is 0 Å². The van der Waals surface area contributed by atoms with Gasteiger partial charge in [-0.1, -0.05) is 20.8 Å². The second-order valence-corrected chi connectivity index (χ2v) is 9.23. The van der Waals surface area contributed by atoms with E-state index < -0.39 is 10.0 Å². The molecule has 0 radical (unpaired) electrons. The Bertz CT molecular complexity index is 575. The average molecular weight is 332 g/mol. The first kappa shape index (κ1) is 16.8. The number of hydrogen-bond donors (Lipinski definition) is 2. The quantitative estimate of drug-likeness (QED) is 0.851. The minimum absolute atomic E-state index is 0.173. The van der Waals surface area contributed by atoms with Crippen molar-refractivity contribution in [1.82, 2.24) is 19.8 Å². The van der Waals surface area contributed by atoms with E-state index in [0.717, 1.165) is 17.8 Å². The summed E-state index contributed by atoms with van der Waals surface area (Å²) >= 11 is 1.83. The Morgan fingerprint density at radius 1 is 1.38 bits per heavy atom. The summed E-state index contributed by atoms with van der Waals surface area (Å²) in [7, 11) is -3.53. The van der Waals surface area contributed by atoms with E-state index in [1.165, 1.54) is 0 Å². The molecule has 1 fully saturated rings. The Labute approximate surface area is 131 Å². The third kappa shape index (κ3) is 3.61. The molecule has 0 spiro atoms. The van der Waals surface area contributed by atoms with Crippen LogP contribution in [-0.2, 0) is 16.6 Å². The lowest BCUT2D eigenvalue weighted by Gasteiger charge is -2.33. The Morgan fingerprint density at radius 2 is 2.00 bits per heavy atom. The van der Waals surface area contributed by atoms with Gasteiger partial charge in [0.05, 0.1) is 0 Å². The number of sulfonamides is 1. The van der Waals surface area contributed by atoms with Crippen LogP contribution in [0.2, 0.25) is 0 Å². The number of thioether (sulfide) groups is 1. The van der Waals surface area contributed by atoms with Gasteiger partial charge in [-0.25, -0.2) is 8.42 Å². The molecular weight excluding hydrogens is 308 g/mol. The molecule has 1 aliphatic heterocycles. The molecule has 1 aromatic heterocycles. The molecule has 2 rings (SSSR count). The first-order valence-corrected chi connectivity index (χ1v) is 9.64. The number of aromatic nitrogens is 2. The number of H-pyrrole nitrogens is 1. The SMILES string of the molecule is CCNCc1c(S(=O)(=O)N2CC(C)SC(C)C2)n[nH]c1C. The summed E-state index contributed by atoms with van der Waals surface area (Å²) < 4.78 is 27.3. The highest BCUT2D eigenvalue weighted by Gasteiger charge is 2.35. The lowest BCUT2D eigenvalue weighted by Crippen LogP contribution is -2.44. The number of hydrogen-bond acceptors (Lipinski definition) is 5. The zero-order valence-electron chi connectivity index (χ0n) is 13.0. The molecule has 0 aromatic carbocycles. The van der Waals surface area contributed by atoms with Crippen LogP contribution in [0, 0.1) is 6.92 Å². The highest BCUT2D eigenvalue weighted by atomic mass is 32.2. The minimum Gasteiger partial charge on any atom is -0.313 e. The van der Waals surface area contributed by atoms with Gasteiger partial charge in [-0.15, -0.1) is 0 Å². The summed E-state index contributed by atoms with van der Waals surface area (Å²) in [5.41, 5.74) is 1.55. The van der Waals surface area contributed by atoms with Crippen molar-refractivity contribution in [3.05, 3.63) is 11.3 Å². The molecule has 1 aromatic rings.